The van der Waals surface area contributed by atoms with Crippen LogP contribution in [0, 0.1) is 24.0 Å². The molecule has 0 fully saturated rings. The van der Waals surface area contributed by atoms with Crippen molar-refractivity contribution in [3.8, 4) is 0 Å². The first-order valence-corrected chi connectivity index (χ1v) is 7.01. The molecule has 2 rings (SSSR count). The second kappa shape index (κ2) is 6.05. The second-order valence-electron chi connectivity index (χ2n) is 4.64. The molecule has 0 aliphatic rings. The Morgan fingerprint density at radius 2 is 1.90 bits per heavy atom. The first kappa shape index (κ1) is 15.2. The first-order chi connectivity index (χ1) is 9.90. The molecule has 0 aromatic heterocycles. The highest BCUT2D eigenvalue weighted by molar-refractivity contribution is 9.10. The average Bonchev–Trinajstić information content (AvgIpc) is 2.42. The van der Waals surface area contributed by atoms with Gasteiger partial charge in [-0.3, -0.25) is 14.9 Å². The standard InChI is InChI=1S/C15H13BrN2O3/c1-9-6-7-11(8-12(9)16)17-15(19)14-10(2)4-3-5-13(14)18(20)21/h3-8H,1-2H3,(H,17,19). The molecule has 0 heterocycles. The third-order valence-electron chi connectivity index (χ3n) is 3.10. The van der Waals surface area contributed by atoms with Gasteiger partial charge in [-0.2, -0.15) is 0 Å². The van der Waals surface area contributed by atoms with Crippen LogP contribution in [0.4, 0.5) is 11.4 Å². The maximum absolute atomic E-state index is 12.3. The molecule has 5 nitrogen and oxygen atoms in total. The van der Waals surface area contributed by atoms with Gasteiger partial charge in [0.05, 0.1) is 4.92 Å². The fourth-order valence-electron chi connectivity index (χ4n) is 1.96. The average molecular weight is 349 g/mol. The molecular formula is C15H13BrN2O3. The molecule has 0 atom stereocenters. The van der Waals surface area contributed by atoms with E-state index in [-0.39, 0.29) is 11.3 Å². The zero-order valence-electron chi connectivity index (χ0n) is 11.5. The molecular weight excluding hydrogens is 336 g/mol. The van der Waals surface area contributed by atoms with E-state index in [4.69, 9.17) is 0 Å². The molecule has 0 unspecified atom stereocenters. The van der Waals surface area contributed by atoms with E-state index in [0.717, 1.165) is 10.0 Å². The van der Waals surface area contributed by atoms with Crippen LogP contribution in [0.3, 0.4) is 0 Å². The summed E-state index contributed by atoms with van der Waals surface area (Å²) >= 11 is 3.38. The van der Waals surface area contributed by atoms with E-state index in [9.17, 15) is 14.9 Å². The Morgan fingerprint density at radius 1 is 1.19 bits per heavy atom. The Kier molecular flexibility index (Phi) is 4.37. The summed E-state index contributed by atoms with van der Waals surface area (Å²) in [6.45, 7) is 3.61. The van der Waals surface area contributed by atoms with E-state index in [1.165, 1.54) is 6.07 Å². The van der Waals surface area contributed by atoms with E-state index in [0.29, 0.717) is 11.3 Å². The summed E-state index contributed by atoms with van der Waals surface area (Å²) in [5.74, 6) is -0.490. The van der Waals surface area contributed by atoms with Gasteiger partial charge in [-0.05, 0) is 37.1 Å². The van der Waals surface area contributed by atoms with E-state index in [1.807, 2.05) is 13.0 Å². The topological polar surface area (TPSA) is 72.2 Å². The number of halogens is 1. The summed E-state index contributed by atoms with van der Waals surface area (Å²) in [6.07, 6.45) is 0. The van der Waals surface area contributed by atoms with Crippen molar-refractivity contribution in [2.75, 3.05) is 5.32 Å². The summed E-state index contributed by atoms with van der Waals surface area (Å²) in [5, 5.41) is 13.7. The summed E-state index contributed by atoms with van der Waals surface area (Å²) < 4.78 is 0.861. The number of nitro benzene ring substituents is 1. The normalized spacial score (nSPS) is 10.2. The predicted octanol–water partition coefficient (Wildman–Crippen LogP) is 4.23. The van der Waals surface area contributed by atoms with Gasteiger partial charge in [0, 0.05) is 16.2 Å². The molecule has 108 valence electrons. The third-order valence-corrected chi connectivity index (χ3v) is 3.96. The zero-order valence-corrected chi connectivity index (χ0v) is 13.1. The van der Waals surface area contributed by atoms with Crippen LogP contribution >= 0.6 is 15.9 Å². The number of benzene rings is 2. The van der Waals surface area contributed by atoms with Crippen LogP contribution in [-0.2, 0) is 0 Å². The maximum Gasteiger partial charge on any atom is 0.282 e. The van der Waals surface area contributed by atoms with Crippen LogP contribution in [0.25, 0.3) is 0 Å². The van der Waals surface area contributed by atoms with Crippen LogP contribution in [0.5, 0.6) is 0 Å². The van der Waals surface area contributed by atoms with E-state index in [2.05, 4.69) is 21.2 Å². The van der Waals surface area contributed by atoms with Gasteiger partial charge in [0.2, 0.25) is 0 Å². The van der Waals surface area contributed by atoms with Crippen molar-refractivity contribution in [3.63, 3.8) is 0 Å². The monoisotopic (exact) mass is 348 g/mol. The van der Waals surface area contributed by atoms with Gasteiger partial charge < -0.3 is 5.32 Å². The second-order valence-corrected chi connectivity index (χ2v) is 5.50. The van der Waals surface area contributed by atoms with Gasteiger partial charge in [0.15, 0.2) is 0 Å². The molecule has 1 amide bonds. The van der Waals surface area contributed by atoms with E-state index < -0.39 is 10.8 Å². The minimum Gasteiger partial charge on any atom is -0.322 e. The number of carbonyl (C=O) groups excluding carboxylic acids is 1. The highest BCUT2D eigenvalue weighted by atomic mass is 79.9. The maximum atomic E-state index is 12.3. The fraction of sp³-hybridized carbons (Fsp3) is 0.133. The minimum absolute atomic E-state index is 0.0826. The zero-order chi connectivity index (χ0) is 15.6. The van der Waals surface area contributed by atoms with Crippen molar-refractivity contribution in [2.24, 2.45) is 0 Å². The largest absolute Gasteiger partial charge is 0.322 e. The van der Waals surface area contributed by atoms with Crippen molar-refractivity contribution in [1.82, 2.24) is 0 Å². The molecule has 0 aliphatic carbocycles. The lowest BCUT2D eigenvalue weighted by Crippen LogP contribution is -2.15. The molecule has 0 spiro atoms. The summed E-state index contributed by atoms with van der Waals surface area (Å²) in [6, 6.07) is 9.93. The summed E-state index contributed by atoms with van der Waals surface area (Å²) in [7, 11) is 0. The number of hydrogen-bond donors (Lipinski definition) is 1. The Labute approximate surface area is 130 Å². The van der Waals surface area contributed by atoms with Gasteiger partial charge in [-0.15, -0.1) is 0 Å². The van der Waals surface area contributed by atoms with E-state index in [1.54, 1.807) is 31.2 Å². The van der Waals surface area contributed by atoms with Crippen LogP contribution in [0.15, 0.2) is 40.9 Å². The van der Waals surface area contributed by atoms with Crippen molar-refractivity contribution in [1.29, 1.82) is 0 Å². The highest BCUT2D eigenvalue weighted by Crippen LogP contribution is 2.25. The third kappa shape index (κ3) is 3.28. The van der Waals surface area contributed by atoms with Crippen LogP contribution in [0.2, 0.25) is 0 Å². The lowest BCUT2D eigenvalue weighted by Gasteiger charge is -2.09. The Balaban J connectivity index is 2.36. The Morgan fingerprint density at radius 3 is 2.52 bits per heavy atom. The number of carbonyl (C=O) groups is 1. The SMILES string of the molecule is Cc1ccc(NC(=O)c2c(C)cccc2[N+](=O)[O-])cc1Br. The van der Waals surface area contributed by atoms with Crippen molar-refractivity contribution < 1.29 is 9.72 Å². The number of nitrogens with zero attached hydrogens (tertiary/aromatic N) is 1. The Hall–Kier alpha value is -2.21. The van der Waals surface area contributed by atoms with Crippen molar-refractivity contribution >= 4 is 33.2 Å². The van der Waals surface area contributed by atoms with Crippen molar-refractivity contribution in [2.45, 2.75) is 13.8 Å². The number of anilines is 1. The molecule has 2 aromatic rings. The van der Waals surface area contributed by atoms with Gasteiger partial charge >= 0.3 is 0 Å². The van der Waals surface area contributed by atoms with Gasteiger partial charge in [-0.25, -0.2) is 0 Å². The lowest BCUT2D eigenvalue weighted by atomic mass is 10.1. The summed E-state index contributed by atoms with van der Waals surface area (Å²) in [4.78, 5) is 22.8. The van der Waals surface area contributed by atoms with Gasteiger partial charge in [0.25, 0.3) is 11.6 Å². The van der Waals surface area contributed by atoms with Crippen LogP contribution in [-0.4, -0.2) is 10.8 Å². The number of aryl methyl sites for hydroxylation is 2. The molecule has 0 bridgehead atoms. The first-order valence-electron chi connectivity index (χ1n) is 6.21. The number of nitrogens with one attached hydrogen (secondary N) is 1. The lowest BCUT2D eigenvalue weighted by molar-refractivity contribution is -0.385. The Bertz CT molecular complexity index is 729. The number of amides is 1. The fourth-order valence-corrected chi connectivity index (χ4v) is 2.34. The predicted molar refractivity (Wildman–Crippen MR) is 84.7 cm³/mol. The number of rotatable bonds is 3. The molecule has 2 aromatic carbocycles. The van der Waals surface area contributed by atoms with E-state index >= 15 is 0 Å². The van der Waals surface area contributed by atoms with Gasteiger partial charge in [0.1, 0.15) is 5.56 Å². The van der Waals surface area contributed by atoms with Gasteiger partial charge in [-0.1, -0.05) is 34.1 Å². The molecule has 0 aliphatic heterocycles. The molecule has 21 heavy (non-hydrogen) atoms. The van der Waals surface area contributed by atoms with Crippen LogP contribution < -0.4 is 5.32 Å². The number of hydrogen-bond acceptors (Lipinski definition) is 3. The molecule has 0 saturated heterocycles. The van der Waals surface area contributed by atoms with Crippen molar-refractivity contribution in [3.05, 3.63) is 67.7 Å². The molecule has 0 saturated carbocycles. The molecule has 6 heteroatoms. The highest BCUT2D eigenvalue weighted by Gasteiger charge is 2.22. The minimum atomic E-state index is -0.549. The summed E-state index contributed by atoms with van der Waals surface area (Å²) in [5.41, 5.74) is 2.07. The van der Waals surface area contributed by atoms with Crippen LogP contribution in [0.1, 0.15) is 21.5 Å². The smallest absolute Gasteiger partial charge is 0.282 e. The quantitative estimate of drug-likeness (QED) is 0.666. The molecule has 0 radical (unpaired) electrons. The molecule has 1 N–H and O–H groups in total. The number of nitro groups is 1.